The highest BCUT2D eigenvalue weighted by atomic mass is 35.5. The first-order valence-corrected chi connectivity index (χ1v) is 9.54. The fourth-order valence-corrected chi connectivity index (χ4v) is 4.14. The molecule has 0 aromatic heterocycles. The van der Waals surface area contributed by atoms with Crippen LogP contribution < -0.4 is 10.1 Å². The summed E-state index contributed by atoms with van der Waals surface area (Å²) in [7, 11) is 0. The molecule has 26 heavy (non-hydrogen) atoms. The normalized spacial score (nSPS) is 23.2. The van der Waals surface area contributed by atoms with Crippen molar-refractivity contribution in [3.8, 4) is 11.5 Å². The van der Waals surface area contributed by atoms with E-state index in [-0.39, 0.29) is 11.3 Å². The lowest BCUT2D eigenvalue weighted by atomic mass is 9.79. The average molecular weight is 371 g/mol. The van der Waals surface area contributed by atoms with E-state index in [1.54, 1.807) is 0 Å². The second kappa shape index (κ2) is 7.29. The summed E-state index contributed by atoms with van der Waals surface area (Å²) >= 11 is 5.92. The number of likely N-dealkylation sites (tertiary alicyclic amines) is 1. The maximum absolute atomic E-state index is 12.3. The Balaban J connectivity index is 1.41. The third-order valence-electron chi connectivity index (χ3n) is 5.39. The van der Waals surface area contributed by atoms with E-state index in [0.717, 1.165) is 56.9 Å². The fraction of sp³-hybridized carbons (Fsp3) is 0.381. The van der Waals surface area contributed by atoms with Gasteiger partial charge in [-0.15, -0.1) is 0 Å². The molecule has 4 rings (SSSR count). The first-order valence-electron chi connectivity index (χ1n) is 9.16. The molecule has 0 bridgehead atoms. The summed E-state index contributed by atoms with van der Waals surface area (Å²) in [4.78, 5) is 14.7. The van der Waals surface area contributed by atoms with Crippen molar-refractivity contribution in [1.29, 1.82) is 0 Å². The average Bonchev–Trinajstić information content (AvgIpc) is 3.04. The lowest BCUT2D eigenvalue weighted by molar-refractivity contribution is -0.132. The van der Waals surface area contributed by atoms with Gasteiger partial charge in [0, 0.05) is 24.7 Å². The lowest BCUT2D eigenvalue weighted by Crippen LogP contribution is -2.47. The second-order valence-electron chi connectivity index (χ2n) is 7.30. The molecule has 0 radical (unpaired) electrons. The van der Waals surface area contributed by atoms with E-state index in [0.29, 0.717) is 5.02 Å². The monoisotopic (exact) mass is 370 g/mol. The number of halogens is 1. The molecule has 136 valence electrons. The molecule has 5 heteroatoms. The number of carbonyl (C=O) groups excluding carboxylic acids is 1. The molecule has 1 N–H and O–H groups in total. The van der Waals surface area contributed by atoms with Gasteiger partial charge in [-0.25, -0.2) is 0 Å². The third kappa shape index (κ3) is 3.71. The van der Waals surface area contributed by atoms with Crippen molar-refractivity contribution < 1.29 is 9.53 Å². The van der Waals surface area contributed by atoms with E-state index in [1.807, 2.05) is 36.4 Å². The molecule has 2 heterocycles. The van der Waals surface area contributed by atoms with Crippen LogP contribution in [0, 0.1) is 5.41 Å². The Kier molecular flexibility index (Phi) is 4.88. The Morgan fingerprint density at radius 3 is 2.77 bits per heavy atom. The molecule has 4 nitrogen and oxygen atoms in total. The number of benzene rings is 2. The minimum atomic E-state index is -0.171. The van der Waals surface area contributed by atoms with Crippen LogP contribution in [0.15, 0.2) is 48.5 Å². The topological polar surface area (TPSA) is 41.6 Å². The van der Waals surface area contributed by atoms with Gasteiger partial charge in [0.15, 0.2) is 0 Å². The van der Waals surface area contributed by atoms with Crippen LogP contribution in [0.1, 0.15) is 24.8 Å². The van der Waals surface area contributed by atoms with E-state index in [2.05, 4.69) is 22.3 Å². The number of hydrogen-bond acceptors (Lipinski definition) is 3. The Hall–Kier alpha value is -2.04. The molecule has 2 fully saturated rings. The highest BCUT2D eigenvalue weighted by Crippen LogP contribution is 2.38. The third-order valence-corrected chi connectivity index (χ3v) is 5.64. The summed E-state index contributed by atoms with van der Waals surface area (Å²) in [5.41, 5.74) is 1.03. The van der Waals surface area contributed by atoms with Crippen molar-refractivity contribution in [3.63, 3.8) is 0 Å². The van der Waals surface area contributed by atoms with Crippen LogP contribution in [0.2, 0.25) is 5.02 Å². The van der Waals surface area contributed by atoms with Crippen LogP contribution in [-0.4, -0.2) is 30.4 Å². The van der Waals surface area contributed by atoms with Crippen molar-refractivity contribution >= 4 is 17.5 Å². The minimum Gasteiger partial charge on any atom is -0.457 e. The zero-order chi connectivity index (χ0) is 18.0. The first kappa shape index (κ1) is 17.4. The lowest BCUT2D eigenvalue weighted by Gasteiger charge is -2.32. The van der Waals surface area contributed by atoms with Gasteiger partial charge >= 0.3 is 0 Å². The molecular formula is C21H23ClN2O2. The molecule has 2 saturated heterocycles. The van der Waals surface area contributed by atoms with Gasteiger partial charge in [-0.3, -0.25) is 9.69 Å². The zero-order valence-corrected chi connectivity index (χ0v) is 15.5. The van der Waals surface area contributed by atoms with E-state index in [4.69, 9.17) is 16.3 Å². The molecule has 2 aromatic carbocycles. The molecule has 0 aliphatic carbocycles. The Bertz CT molecular complexity index is 793. The molecular weight excluding hydrogens is 348 g/mol. The number of nitrogens with one attached hydrogen (secondary N) is 1. The maximum Gasteiger partial charge on any atom is 0.227 e. The minimum absolute atomic E-state index is 0.171. The maximum atomic E-state index is 12.3. The van der Waals surface area contributed by atoms with Crippen molar-refractivity contribution in [2.45, 2.75) is 25.8 Å². The number of carbonyl (C=O) groups is 1. The summed E-state index contributed by atoms with van der Waals surface area (Å²) in [6.45, 7) is 3.48. The molecule has 1 amide bonds. The number of amides is 1. The van der Waals surface area contributed by atoms with E-state index < -0.39 is 0 Å². The van der Waals surface area contributed by atoms with Crippen molar-refractivity contribution in [1.82, 2.24) is 10.2 Å². The van der Waals surface area contributed by atoms with Crippen molar-refractivity contribution in [3.05, 3.63) is 59.1 Å². The molecule has 2 aliphatic rings. The quantitative estimate of drug-likeness (QED) is 0.875. The number of nitrogens with zero attached hydrogens (tertiary/aromatic N) is 1. The second-order valence-corrected chi connectivity index (χ2v) is 7.74. The smallest absolute Gasteiger partial charge is 0.227 e. The highest BCUT2D eigenvalue weighted by molar-refractivity contribution is 6.30. The van der Waals surface area contributed by atoms with E-state index in [9.17, 15) is 4.79 Å². The van der Waals surface area contributed by atoms with Gasteiger partial charge < -0.3 is 10.1 Å². The van der Waals surface area contributed by atoms with Crippen LogP contribution in [0.3, 0.4) is 0 Å². The Morgan fingerprint density at radius 2 is 1.96 bits per heavy atom. The van der Waals surface area contributed by atoms with Gasteiger partial charge in [-0.1, -0.05) is 23.7 Å². The van der Waals surface area contributed by atoms with Gasteiger partial charge in [0.2, 0.25) is 5.91 Å². The van der Waals surface area contributed by atoms with Gasteiger partial charge in [0.05, 0.1) is 5.41 Å². The van der Waals surface area contributed by atoms with Gasteiger partial charge in [-0.05, 0) is 67.8 Å². The van der Waals surface area contributed by atoms with Gasteiger partial charge in [0.25, 0.3) is 0 Å². The fourth-order valence-electron chi connectivity index (χ4n) is 4.02. The van der Waals surface area contributed by atoms with Crippen molar-refractivity contribution in [2.24, 2.45) is 5.41 Å². The molecule has 0 unspecified atom stereocenters. The summed E-state index contributed by atoms with van der Waals surface area (Å²) in [5, 5.41) is 3.74. The van der Waals surface area contributed by atoms with Crippen LogP contribution in [0.25, 0.3) is 0 Å². The summed E-state index contributed by atoms with van der Waals surface area (Å²) < 4.78 is 5.92. The Labute approximate surface area is 159 Å². The van der Waals surface area contributed by atoms with Crippen molar-refractivity contribution in [2.75, 3.05) is 19.6 Å². The molecule has 1 spiro atoms. The standard InChI is InChI=1S/C21H23ClN2O2/c22-17-5-7-18(8-6-17)26-19-4-1-3-16(13-19)14-24-12-10-21(15-24)9-2-11-23-20(21)25/h1,3-8,13H,2,9-12,14-15H2,(H,23,25)/t21-/m1/s1. The first-order chi connectivity index (χ1) is 12.6. The van der Waals surface area contributed by atoms with E-state index >= 15 is 0 Å². The summed E-state index contributed by atoms with van der Waals surface area (Å²) in [6.07, 6.45) is 3.05. The summed E-state index contributed by atoms with van der Waals surface area (Å²) in [5.74, 6) is 1.82. The van der Waals surface area contributed by atoms with Crippen LogP contribution >= 0.6 is 11.6 Å². The molecule has 1 atom stereocenters. The van der Waals surface area contributed by atoms with Crippen LogP contribution in [0.5, 0.6) is 11.5 Å². The highest BCUT2D eigenvalue weighted by Gasteiger charge is 2.45. The van der Waals surface area contributed by atoms with E-state index in [1.165, 1.54) is 5.56 Å². The molecule has 2 aliphatic heterocycles. The van der Waals surface area contributed by atoms with Crippen LogP contribution in [0.4, 0.5) is 0 Å². The number of ether oxygens (including phenoxy) is 1. The largest absolute Gasteiger partial charge is 0.457 e. The SMILES string of the molecule is O=C1NCCC[C@]12CCN(Cc1cccc(Oc3ccc(Cl)cc3)c1)C2. The Morgan fingerprint density at radius 1 is 1.12 bits per heavy atom. The number of rotatable bonds is 4. The molecule has 0 saturated carbocycles. The number of hydrogen-bond donors (Lipinski definition) is 1. The predicted molar refractivity (Wildman–Crippen MR) is 103 cm³/mol. The van der Waals surface area contributed by atoms with Crippen LogP contribution in [-0.2, 0) is 11.3 Å². The number of piperidine rings is 1. The van der Waals surface area contributed by atoms with Gasteiger partial charge in [0.1, 0.15) is 11.5 Å². The zero-order valence-electron chi connectivity index (χ0n) is 14.7. The predicted octanol–water partition coefficient (Wildman–Crippen LogP) is 4.23. The molecule has 2 aromatic rings. The summed E-state index contributed by atoms with van der Waals surface area (Å²) in [6, 6.07) is 15.5. The van der Waals surface area contributed by atoms with Gasteiger partial charge in [-0.2, -0.15) is 0 Å².